The summed E-state index contributed by atoms with van der Waals surface area (Å²) >= 11 is 1.90. The van der Waals surface area contributed by atoms with Gasteiger partial charge >= 0.3 is 0 Å². The third-order valence-electron chi connectivity index (χ3n) is 3.08. The lowest BCUT2D eigenvalue weighted by Crippen LogP contribution is -2.30. The molecule has 3 nitrogen and oxygen atoms in total. The molecule has 0 spiro atoms. The Morgan fingerprint density at radius 1 is 1.35 bits per heavy atom. The van der Waals surface area contributed by atoms with Crippen molar-refractivity contribution >= 4 is 11.8 Å². The van der Waals surface area contributed by atoms with Gasteiger partial charge in [-0.1, -0.05) is 12.1 Å². The molecule has 0 unspecified atom stereocenters. The molecule has 3 N–H and O–H groups in total. The Balaban J connectivity index is 2.14. The first-order valence-corrected chi connectivity index (χ1v) is 7.14. The van der Waals surface area contributed by atoms with Gasteiger partial charge in [0, 0.05) is 6.54 Å². The highest BCUT2D eigenvalue weighted by Gasteiger charge is 2.31. The second-order valence-electron chi connectivity index (χ2n) is 4.31. The maximum Gasteiger partial charge on any atom is 0.119 e. The van der Waals surface area contributed by atoms with Crippen LogP contribution in [0, 0.1) is 0 Å². The van der Waals surface area contributed by atoms with Crippen molar-refractivity contribution in [3.05, 3.63) is 29.8 Å². The molecule has 4 heteroatoms. The maximum atomic E-state index is 10.6. The maximum absolute atomic E-state index is 10.6. The number of rotatable bonds is 4. The summed E-state index contributed by atoms with van der Waals surface area (Å²) in [5.74, 6) is 2.83. The summed E-state index contributed by atoms with van der Waals surface area (Å²) in [6, 6.07) is 7.75. The lowest BCUT2D eigenvalue weighted by Gasteiger charge is -2.32. The van der Waals surface area contributed by atoms with E-state index >= 15 is 0 Å². The van der Waals surface area contributed by atoms with E-state index in [1.54, 1.807) is 0 Å². The Kier molecular flexibility index (Phi) is 4.31. The van der Waals surface area contributed by atoms with Gasteiger partial charge in [-0.15, -0.1) is 0 Å². The highest BCUT2D eigenvalue weighted by atomic mass is 32.2. The molecule has 2 rings (SSSR count). The van der Waals surface area contributed by atoms with Crippen LogP contribution in [0.15, 0.2) is 24.3 Å². The molecule has 17 heavy (non-hydrogen) atoms. The largest absolute Gasteiger partial charge is 0.492 e. The Labute approximate surface area is 106 Å². The van der Waals surface area contributed by atoms with E-state index in [0.717, 1.165) is 35.7 Å². The van der Waals surface area contributed by atoms with Crippen LogP contribution in [0.3, 0.4) is 0 Å². The summed E-state index contributed by atoms with van der Waals surface area (Å²) in [4.78, 5) is 0. The van der Waals surface area contributed by atoms with Crippen LogP contribution in [0.2, 0.25) is 0 Å². The van der Waals surface area contributed by atoms with Crippen LogP contribution in [-0.2, 0) is 5.60 Å². The SMILES string of the molecule is NCCOc1cccc(C2(O)CCSCC2)c1. The van der Waals surface area contributed by atoms with E-state index in [4.69, 9.17) is 10.5 Å². The summed E-state index contributed by atoms with van der Waals surface area (Å²) < 4.78 is 5.49. The Morgan fingerprint density at radius 2 is 2.12 bits per heavy atom. The molecule has 1 fully saturated rings. The average Bonchev–Trinajstić information content (AvgIpc) is 2.38. The molecule has 1 aliphatic rings. The first kappa shape index (κ1) is 12.7. The number of aliphatic hydroxyl groups is 1. The molecule has 94 valence electrons. The molecule has 1 heterocycles. The third-order valence-corrected chi connectivity index (χ3v) is 4.06. The van der Waals surface area contributed by atoms with Crippen molar-refractivity contribution in [2.24, 2.45) is 5.73 Å². The Bertz CT molecular complexity index is 364. The van der Waals surface area contributed by atoms with E-state index in [1.165, 1.54) is 0 Å². The molecule has 1 saturated heterocycles. The Hall–Kier alpha value is -0.710. The Morgan fingerprint density at radius 3 is 2.82 bits per heavy atom. The number of benzene rings is 1. The molecule has 1 aliphatic heterocycles. The summed E-state index contributed by atoms with van der Waals surface area (Å²) in [5.41, 5.74) is 5.70. The number of nitrogens with two attached hydrogens (primary N) is 1. The van der Waals surface area contributed by atoms with Crippen molar-refractivity contribution in [3.63, 3.8) is 0 Å². The smallest absolute Gasteiger partial charge is 0.119 e. The zero-order chi connectivity index (χ0) is 12.1. The molecule has 1 aromatic rings. The van der Waals surface area contributed by atoms with Gasteiger partial charge in [-0.25, -0.2) is 0 Å². The molecule has 0 amide bonds. The predicted octanol–water partition coefficient (Wildman–Crippen LogP) is 1.74. The molecule has 0 atom stereocenters. The molecule has 1 aromatic carbocycles. The molecule has 0 radical (unpaired) electrons. The minimum atomic E-state index is -0.673. The van der Waals surface area contributed by atoms with Crippen molar-refractivity contribution < 1.29 is 9.84 Å². The van der Waals surface area contributed by atoms with E-state index in [9.17, 15) is 5.11 Å². The van der Waals surface area contributed by atoms with Crippen LogP contribution < -0.4 is 10.5 Å². The topological polar surface area (TPSA) is 55.5 Å². The normalized spacial score (nSPS) is 18.9. The third kappa shape index (κ3) is 3.15. The second-order valence-corrected chi connectivity index (χ2v) is 5.53. The molecular weight excluding hydrogens is 234 g/mol. The molecular formula is C13H19NO2S. The van der Waals surface area contributed by atoms with Gasteiger partial charge in [0.15, 0.2) is 0 Å². The minimum absolute atomic E-state index is 0.505. The van der Waals surface area contributed by atoms with Gasteiger partial charge in [-0.05, 0) is 42.0 Å². The lowest BCUT2D eigenvalue weighted by atomic mass is 9.88. The van der Waals surface area contributed by atoms with Gasteiger partial charge in [0.25, 0.3) is 0 Å². The minimum Gasteiger partial charge on any atom is -0.492 e. The number of ether oxygens (including phenoxy) is 1. The standard InChI is InChI=1S/C13H19NO2S/c14-6-7-16-12-3-1-2-11(10-12)13(15)4-8-17-9-5-13/h1-3,10,15H,4-9,14H2. The van der Waals surface area contributed by atoms with Crippen LogP contribution in [0.1, 0.15) is 18.4 Å². The van der Waals surface area contributed by atoms with E-state index in [2.05, 4.69) is 0 Å². The highest BCUT2D eigenvalue weighted by Crippen LogP contribution is 2.36. The average molecular weight is 253 g/mol. The lowest BCUT2D eigenvalue weighted by molar-refractivity contribution is 0.0278. The van der Waals surface area contributed by atoms with E-state index in [1.807, 2.05) is 36.0 Å². The quantitative estimate of drug-likeness (QED) is 0.858. The fraction of sp³-hybridized carbons (Fsp3) is 0.538. The van der Waals surface area contributed by atoms with Crippen LogP contribution in [0.4, 0.5) is 0 Å². The molecule has 0 aromatic heterocycles. The van der Waals surface area contributed by atoms with Crippen LogP contribution in [0.25, 0.3) is 0 Å². The van der Waals surface area contributed by atoms with Gasteiger partial charge in [-0.2, -0.15) is 11.8 Å². The fourth-order valence-corrected chi connectivity index (χ4v) is 3.22. The first-order chi connectivity index (χ1) is 8.24. The number of thioether (sulfide) groups is 1. The summed E-state index contributed by atoms with van der Waals surface area (Å²) in [7, 11) is 0. The van der Waals surface area contributed by atoms with Gasteiger partial charge in [0.05, 0.1) is 5.60 Å². The number of hydrogen-bond acceptors (Lipinski definition) is 4. The van der Waals surface area contributed by atoms with Crippen LogP contribution in [-0.4, -0.2) is 29.8 Å². The van der Waals surface area contributed by atoms with Crippen LogP contribution in [0.5, 0.6) is 5.75 Å². The van der Waals surface area contributed by atoms with E-state index in [-0.39, 0.29) is 0 Å². The number of hydrogen-bond donors (Lipinski definition) is 2. The summed E-state index contributed by atoms with van der Waals surface area (Å²) in [6.07, 6.45) is 1.63. The van der Waals surface area contributed by atoms with E-state index in [0.29, 0.717) is 13.2 Å². The van der Waals surface area contributed by atoms with Crippen molar-refractivity contribution in [1.82, 2.24) is 0 Å². The monoisotopic (exact) mass is 253 g/mol. The van der Waals surface area contributed by atoms with Gasteiger partial charge in [0.2, 0.25) is 0 Å². The van der Waals surface area contributed by atoms with Crippen molar-refractivity contribution in [1.29, 1.82) is 0 Å². The summed E-state index contributed by atoms with van der Waals surface area (Å²) in [5, 5.41) is 10.6. The van der Waals surface area contributed by atoms with Gasteiger partial charge < -0.3 is 15.6 Å². The van der Waals surface area contributed by atoms with Crippen molar-refractivity contribution in [3.8, 4) is 5.75 Å². The predicted molar refractivity (Wildman–Crippen MR) is 71.4 cm³/mol. The van der Waals surface area contributed by atoms with Gasteiger partial charge in [-0.3, -0.25) is 0 Å². The zero-order valence-electron chi connectivity index (χ0n) is 9.89. The molecule has 0 saturated carbocycles. The second kappa shape index (κ2) is 5.76. The van der Waals surface area contributed by atoms with E-state index < -0.39 is 5.60 Å². The summed E-state index contributed by atoms with van der Waals surface area (Å²) in [6.45, 7) is 1.02. The molecule has 0 aliphatic carbocycles. The van der Waals surface area contributed by atoms with Gasteiger partial charge in [0.1, 0.15) is 12.4 Å². The zero-order valence-corrected chi connectivity index (χ0v) is 10.7. The van der Waals surface area contributed by atoms with Crippen molar-refractivity contribution in [2.75, 3.05) is 24.7 Å². The van der Waals surface area contributed by atoms with Crippen LogP contribution >= 0.6 is 11.8 Å². The fourth-order valence-electron chi connectivity index (χ4n) is 2.05. The highest BCUT2D eigenvalue weighted by molar-refractivity contribution is 7.99. The first-order valence-electron chi connectivity index (χ1n) is 5.98. The van der Waals surface area contributed by atoms with Crippen molar-refractivity contribution in [2.45, 2.75) is 18.4 Å². The molecule has 0 bridgehead atoms.